The number of nitrogens with one attached hydrogen (secondary N) is 2. The minimum Gasteiger partial charge on any atom is -0.360 e. The molecule has 0 unspecified atom stereocenters. The van der Waals surface area contributed by atoms with Crippen molar-refractivity contribution in [2.24, 2.45) is 0 Å². The van der Waals surface area contributed by atoms with Crippen molar-refractivity contribution in [2.45, 2.75) is 13.5 Å². The molecule has 0 spiro atoms. The van der Waals surface area contributed by atoms with E-state index in [1.165, 1.54) is 0 Å². The lowest BCUT2D eigenvalue weighted by Crippen LogP contribution is -2.48. The second-order valence-electron chi connectivity index (χ2n) is 4.32. The minimum absolute atomic E-state index is 0.0746. The quantitative estimate of drug-likeness (QED) is 0.867. The lowest BCUT2D eigenvalue weighted by molar-refractivity contribution is -0.120. The molecule has 5 heteroatoms. The van der Waals surface area contributed by atoms with Gasteiger partial charge >= 0.3 is 0 Å². The van der Waals surface area contributed by atoms with E-state index in [-0.39, 0.29) is 5.91 Å². The number of benzene rings is 1. The molecule has 1 aliphatic rings. The van der Waals surface area contributed by atoms with Gasteiger partial charge in [-0.2, -0.15) is 0 Å². The molecule has 0 saturated carbocycles. The van der Waals surface area contributed by atoms with Crippen molar-refractivity contribution in [1.82, 2.24) is 10.6 Å². The third-order valence-corrected chi connectivity index (χ3v) is 3.22. The second-order valence-corrected chi connectivity index (χ2v) is 4.76. The number of carbonyl (C=O) groups is 1. The molecule has 0 bridgehead atoms. The van der Waals surface area contributed by atoms with Gasteiger partial charge in [-0.25, -0.2) is 0 Å². The van der Waals surface area contributed by atoms with E-state index in [0.29, 0.717) is 13.1 Å². The van der Waals surface area contributed by atoms with E-state index in [0.717, 1.165) is 35.9 Å². The number of anilines is 1. The van der Waals surface area contributed by atoms with Crippen molar-refractivity contribution in [2.75, 3.05) is 31.1 Å². The molecule has 0 atom stereocenters. The molecule has 2 rings (SSSR count). The Hall–Kier alpha value is -1.26. The van der Waals surface area contributed by atoms with Gasteiger partial charge in [0, 0.05) is 30.3 Å². The van der Waals surface area contributed by atoms with Crippen LogP contribution in [0.15, 0.2) is 18.2 Å². The molecule has 98 valence electrons. The maximum Gasteiger partial charge on any atom is 0.239 e. The summed E-state index contributed by atoms with van der Waals surface area (Å²) in [7, 11) is 0. The lowest BCUT2D eigenvalue weighted by Gasteiger charge is -2.30. The zero-order valence-electron chi connectivity index (χ0n) is 10.5. The van der Waals surface area contributed by atoms with Gasteiger partial charge in [0.15, 0.2) is 0 Å². The van der Waals surface area contributed by atoms with Gasteiger partial charge in [-0.3, -0.25) is 4.79 Å². The average molecular weight is 268 g/mol. The highest BCUT2D eigenvalue weighted by atomic mass is 35.5. The summed E-state index contributed by atoms with van der Waals surface area (Å²) in [6, 6.07) is 5.83. The van der Waals surface area contributed by atoms with Crippen molar-refractivity contribution in [3.63, 3.8) is 0 Å². The fraction of sp³-hybridized carbons (Fsp3) is 0.462. The second kappa shape index (κ2) is 6.07. The van der Waals surface area contributed by atoms with Crippen molar-refractivity contribution < 1.29 is 4.79 Å². The van der Waals surface area contributed by atoms with E-state index in [1.54, 1.807) is 0 Å². The van der Waals surface area contributed by atoms with Gasteiger partial charge in [0.1, 0.15) is 0 Å². The molecular formula is C13H18ClN3O. The topological polar surface area (TPSA) is 44.4 Å². The molecule has 1 heterocycles. The molecular weight excluding hydrogens is 250 g/mol. The molecule has 18 heavy (non-hydrogen) atoms. The Morgan fingerprint density at radius 3 is 3.06 bits per heavy atom. The first-order valence-corrected chi connectivity index (χ1v) is 6.59. The van der Waals surface area contributed by atoms with Crippen LogP contribution in [0.1, 0.15) is 12.5 Å². The van der Waals surface area contributed by atoms with Gasteiger partial charge in [-0.1, -0.05) is 18.5 Å². The zero-order chi connectivity index (χ0) is 13.0. The van der Waals surface area contributed by atoms with Crippen LogP contribution in [0.2, 0.25) is 5.02 Å². The number of hydrogen-bond acceptors (Lipinski definition) is 3. The third kappa shape index (κ3) is 3.15. The van der Waals surface area contributed by atoms with Gasteiger partial charge < -0.3 is 15.5 Å². The fourth-order valence-corrected chi connectivity index (χ4v) is 2.30. The first-order valence-electron chi connectivity index (χ1n) is 6.21. The summed E-state index contributed by atoms with van der Waals surface area (Å²) >= 11 is 6.04. The maximum atomic E-state index is 11.4. The van der Waals surface area contributed by atoms with Crippen LogP contribution >= 0.6 is 11.6 Å². The van der Waals surface area contributed by atoms with Crippen LogP contribution in [0, 0.1) is 0 Å². The largest absolute Gasteiger partial charge is 0.360 e. The van der Waals surface area contributed by atoms with E-state index in [1.807, 2.05) is 18.2 Å². The molecule has 2 N–H and O–H groups in total. The van der Waals surface area contributed by atoms with Crippen molar-refractivity contribution >= 4 is 23.2 Å². The van der Waals surface area contributed by atoms with E-state index < -0.39 is 0 Å². The third-order valence-electron chi connectivity index (χ3n) is 2.99. The van der Waals surface area contributed by atoms with Crippen LogP contribution in [0.5, 0.6) is 0 Å². The van der Waals surface area contributed by atoms with Crippen LogP contribution in [-0.2, 0) is 11.3 Å². The highest BCUT2D eigenvalue weighted by Crippen LogP contribution is 2.24. The van der Waals surface area contributed by atoms with Crippen molar-refractivity contribution in [3.05, 3.63) is 28.8 Å². The minimum atomic E-state index is 0.0746. The first-order chi connectivity index (χ1) is 8.70. The highest BCUT2D eigenvalue weighted by molar-refractivity contribution is 6.30. The number of nitrogens with zero attached hydrogens (tertiary/aromatic N) is 1. The monoisotopic (exact) mass is 267 g/mol. The first kappa shape index (κ1) is 13.2. The number of hydrogen-bond donors (Lipinski definition) is 2. The lowest BCUT2D eigenvalue weighted by atomic mass is 10.1. The summed E-state index contributed by atoms with van der Waals surface area (Å²) in [5.41, 5.74) is 2.23. The number of carbonyl (C=O) groups excluding carboxylic acids is 1. The highest BCUT2D eigenvalue weighted by Gasteiger charge is 2.18. The Morgan fingerprint density at radius 2 is 2.33 bits per heavy atom. The Labute approximate surface area is 112 Å². The molecule has 1 amide bonds. The smallest absolute Gasteiger partial charge is 0.239 e. The SMILES string of the molecule is CCNCc1cc(Cl)ccc1N1CCNC(=O)C1. The predicted octanol–water partition coefficient (Wildman–Crippen LogP) is 1.39. The van der Waals surface area contributed by atoms with Gasteiger partial charge in [0.2, 0.25) is 5.91 Å². The van der Waals surface area contributed by atoms with Gasteiger partial charge in [-0.15, -0.1) is 0 Å². The van der Waals surface area contributed by atoms with Crippen LogP contribution in [0.25, 0.3) is 0 Å². The molecule has 4 nitrogen and oxygen atoms in total. The summed E-state index contributed by atoms with van der Waals surface area (Å²) in [5, 5.41) is 6.86. The molecule has 1 aliphatic heterocycles. The summed E-state index contributed by atoms with van der Waals surface area (Å²) in [4.78, 5) is 13.5. The Morgan fingerprint density at radius 1 is 1.50 bits per heavy atom. The van der Waals surface area contributed by atoms with Crippen molar-refractivity contribution in [1.29, 1.82) is 0 Å². The molecule has 0 radical (unpaired) electrons. The standard InChI is InChI=1S/C13H18ClN3O/c1-2-15-8-10-7-11(14)3-4-12(10)17-6-5-16-13(18)9-17/h3-4,7,15H,2,5-6,8-9H2,1H3,(H,16,18). The molecule has 1 fully saturated rings. The van der Waals surface area contributed by atoms with Gasteiger partial charge in [0.25, 0.3) is 0 Å². The Bertz CT molecular complexity index is 436. The van der Waals surface area contributed by atoms with Crippen LogP contribution < -0.4 is 15.5 Å². The average Bonchev–Trinajstić information content (AvgIpc) is 2.36. The zero-order valence-corrected chi connectivity index (χ0v) is 11.3. The van der Waals surface area contributed by atoms with E-state index >= 15 is 0 Å². The van der Waals surface area contributed by atoms with Gasteiger partial charge in [-0.05, 0) is 30.3 Å². The number of amides is 1. The predicted molar refractivity (Wildman–Crippen MR) is 74.1 cm³/mol. The number of rotatable bonds is 4. The summed E-state index contributed by atoms with van der Waals surface area (Å²) < 4.78 is 0. The molecule has 0 aliphatic carbocycles. The van der Waals surface area contributed by atoms with Crippen LogP contribution in [0.3, 0.4) is 0 Å². The molecule has 1 aromatic carbocycles. The Kier molecular flexibility index (Phi) is 4.44. The van der Waals surface area contributed by atoms with Crippen LogP contribution in [0.4, 0.5) is 5.69 Å². The number of piperazine rings is 1. The van der Waals surface area contributed by atoms with Crippen LogP contribution in [-0.4, -0.2) is 32.1 Å². The molecule has 1 saturated heterocycles. The molecule has 1 aromatic rings. The van der Waals surface area contributed by atoms with E-state index in [9.17, 15) is 4.79 Å². The van der Waals surface area contributed by atoms with Crippen molar-refractivity contribution in [3.8, 4) is 0 Å². The number of halogens is 1. The van der Waals surface area contributed by atoms with E-state index in [4.69, 9.17) is 11.6 Å². The summed E-state index contributed by atoms with van der Waals surface area (Å²) in [5.74, 6) is 0.0746. The normalized spacial score (nSPS) is 15.7. The van der Waals surface area contributed by atoms with E-state index in [2.05, 4.69) is 22.5 Å². The Balaban J connectivity index is 2.21. The summed E-state index contributed by atoms with van der Waals surface area (Å²) in [6.07, 6.45) is 0. The van der Waals surface area contributed by atoms with Gasteiger partial charge in [0.05, 0.1) is 6.54 Å². The maximum absolute atomic E-state index is 11.4. The molecule has 0 aromatic heterocycles. The summed E-state index contributed by atoms with van der Waals surface area (Å²) in [6.45, 7) is 5.70. The fourth-order valence-electron chi connectivity index (χ4n) is 2.11.